The minimum absolute atomic E-state index is 0.0516. The van der Waals surface area contributed by atoms with Crippen LogP contribution in [0.25, 0.3) is 0 Å². The number of amides is 1. The lowest BCUT2D eigenvalue weighted by Gasteiger charge is -2.52. The molecule has 1 amide bonds. The van der Waals surface area contributed by atoms with Crippen molar-refractivity contribution in [1.29, 1.82) is 0 Å². The van der Waals surface area contributed by atoms with Gasteiger partial charge in [0.2, 0.25) is 5.91 Å². The van der Waals surface area contributed by atoms with Gasteiger partial charge in [0.25, 0.3) is 0 Å². The maximum Gasteiger partial charge on any atom is 0.235 e. The lowest BCUT2D eigenvalue weighted by atomic mass is 9.52. The van der Waals surface area contributed by atoms with E-state index in [4.69, 9.17) is 5.73 Å². The Morgan fingerprint density at radius 1 is 1.13 bits per heavy atom. The topological polar surface area (TPSA) is 179 Å². The van der Waals surface area contributed by atoms with E-state index < -0.39 is 81.5 Å². The van der Waals surface area contributed by atoms with Crippen LogP contribution in [0.4, 0.5) is 4.39 Å². The number of hydrogen-bond acceptors (Lipinski definition) is 10. The molecule has 1 aromatic carbocycles. The Balaban J connectivity index is 1.62. The number of ketones is 4. The first-order valence-electron chi connectivity index (χ1n) is 12.8. The summed E-state index contributed by atoms with van der Waals surface area (Å²) in [6.45, 7) is 3.44. The Kier molecular flexibility index (Phi) is 6.15. The first-order chi connectivity index (χ1) is 18.1. The summed E-state index contributed by atoms with van der Waals surface area (Å²) < 4.78 is 16.0. The van der Waals surface area contributed by atoms with Crippen LogP contribution in [0.1, 0.15) is 47.3 Å². The number of nitrogens with two attached hydrogens (primary N) is 1. The van der Waals surface area contributed by atoms with E-state index in [1.54, 1.807) is 18.7 Å². The average molecular weight is 546 g/mol. The number of carbonyl (C=O) groups excluding carboxylic acids is 5. The largest absolute Gasteiger partial charge is 0.507 e. The average Bonchev–Trinajstić information content (AvgIpc) is 3.31. The maximum atomic E-state index is 16.0. The first-order valence-corrected chi connectivity index (χ1v) is 12.8. The Hall–Kier alpha value is -3.06. The molecule has 11 nitrogen and oxygen atoms in total. The minimum atomic E-state index is -2.83. The van der Waals surface area contributed by atoms with E-state index in [-0.39, 0.29) is 54.8 Å². The fraction of sp³-hybridized carbons (Fsp3) is 0.593. The number of fused-ring (bicyclic) bond motifs is 4. The molecule has 210 valence electrons. The van der Waals surface area contributed by atoms with Crippen molar-refractivity contribution in [3.05, 3.63) is 28.1 Å². The highest BCUT2D eigenvalue weighted by Crippen LogP contribution is 2.52. The predicted octanol–water partition coefficient (Wildman–Crippen LogP) is -0.907. The number of carbonyl (C=O) groups is 5. The number of aliphatic hydroxyl groups is 2. The number of aliphatic hydroxyl groups excluding tert-OH is 1. The summed E-state index contributed by atoms with van der Waals surface area (Å²) in [6, 6.07) is -1.22. The lowest BCUT2D eigenvalue weighted by molar-refractivity contribution is -0.181. The number of phenols is 1. The monoisotopic (exact) mass is 545 g/mol. The molecular formula is C27H32FN3O8. The third kappa shape index (κ3) is 3.51. The summed E-state index contributed by atoms with van der Waals surface area (Å²) in [5.74, 6) is -12.5. The summed E-state index contributed by atoms with van der Waals surface area (Å²) in [6.07, 6.45) is -0.285. The molecule has 2 unspecified atom stereocenters. The third-order valence-electron chi connectivity index (χ3n) is 9.31. The zero-order valence-corrected chi connectivity index (χ0v) is 22.2. The number of benzene rings is 1. The molecule has 0 aromatic heterocycles. The summed E-state index contributed by atoms with van der Waals surface area (Å²) in [5, 5.41) is 32.6. The molecule has 5 N–H and O–H groups in total. The molecule has 1 heterocycles. The van der Waals surface area contributed by atoms with Gasteiger partial charge < -0.3 is 21.1 Å². The molecular weight excluding hydrogens is 513 g/mol. The van der Waals surface area contributed by atoms with Crippen LogP contribution in [0.3, 0.4) is 0 Å². The molecule has 4 aliphatic rings. The summed E-state index contributed by atoms with van der Waals surface area (Å²) in [7, 11) is 2.99. The van der Waals surface area contributed by atoms with Crippen molar-refractivity contribution in [1.82, 2.24) is 9.80 Å². The molecule has 39 heavy (non-hydrogen) atoms. The van der Waals surface area contributed by atoms with E-state index in [2.05, 4.69) is 0 Å². The van der Waals surface area contributed by atoms with Gasteiger partial charge in [-0.25, -0.2) is 4.39 Å². The summed E-state index contributed by atoms with van der Waals surface area (Å²) in [4.78, 5) is 69.3. The summed E-state index contributed by atoms with van der Waals surface area (Å²) in [5.41, 5.74) is 1.72. The van der Waals surface area contributed by atoms with Gasteiger partial charge in [-0.2, -0.15) is 0 Å². The van der Waals surface area contributed by atoms with Gasteiger partial charge in [-0.15, -0.1) is 0 Å². The van der Waals surface area contributed by atoms with Gasteiger partial charge >= 0.3 is 0 Å². The SMILES string of the molecule is CN(C)[C@@H]1C(=O)C(C(N)=O)C(=O)[C@@]2(O)C(=O)C3C(=O)c4c(O)c5c(c(F)c4C[C@H]3C[C@@H]12)CN(C(C)(C)CO)C5. The van der Waals surface area contributed by atoms with E-state index >= 15 is 4.39 Å². The molecule has 1 aliphatic heterocycles. The maximum absolute atomic E-state index is 16.0. The van der Waals surface area contributed by atoms with Crippen molar-refractivity contribution in [3.8, 4) is 5.75 Å². The van der Waals surface area contributed by atoms with Gasteiger partial charge in [-0.05, 0) is 46.7 Å². The van der Waals surface area contributed by atoms with Crippen LogP contribution in [0.5, 0.6) is 5.75 Å². The van der Waals surface area contributed by atoms with Gasteiger partial charge in [-0.3, -0.25) is 33.8 Å². The molecule has 12 heteroatoms. The molecule has 1 aromatic rings. The number of rotatable bonds is 4. The standard InChI is InChI=1S/C27H32FN3O8/c1-26(2,9-32)31-7-12-13(8-31)20(33)16-11(18(12)28)5-10-6-14-19(30(3)4)22(35)17(25(29)38)24(37)27(14,39)23(36)15(10)21(16)34/h10,14-15,17,19,32-33,39H,5-9H2,1-4H3,(H2,29,38)/t10-,14-,15?,17?,19-,27-/m0/s1. The second-order valence-corrected chi connectivity index (χ2v) is 12.1. The number of aromatic hydroxyl groups is 1. The molecule has 0 radical (unpaired) electrons. The number of primary amides is 1. The van der Waals surface area contributed by atoms with E-state index in [0.717, 1.165) is 0 Å². The van der Waals surface area contributed by atoms with Crippen LogP contribution in [-0.2, 0) is 38.7 Å². The van der Waals surface area contributed by atoms with Gasteiger partial charge in [-0.1, -0.05) is 0 Å². The highest BCUT2D eigenvalue weighted by Gasteiger charge is 2.69. The molecule has 6 atom stereocenters. The Labute approximate surface area is 223 Å². The van der Waals surface area contributed by atoms with Crippen LogP contribution in [0.15, 0.2) is 0 Å². The van der Waals surface area contributed by atoms with Gasteiger partial charge in [0, 0.05) is 41.2 Å². The first kappa shape index (κ1) is 27.5. The third-order valence-corrected chi connectivity index (χ3v) is 9.31. The second kappa shape index (κ2) is 8.72. The summed E-state index contributed by atoms with van der Waals surface area (Å²) >= 11 is 0. The molecule has 2 saturated carbocycles. The van der Waals surface area contributed by atoms with Gasteiger partial charge in [0.05, 0.1) is 24.1 Å². The van der Waals surface area contributed by atoms with E-state index in [1.807, 2.05) is 0 Å². The van der Waals surface area contributed by atoms with Crippen molar-refractivity contribution in [3.63, 3.8) is 0 Å². The van der Waals surface area contributed by atoms with Crippen molar-refractivity contribution in [2.45, 2.75) is 57.0 Å². The van der Waals surface area contributed by atoms with Crippen molar-refractivity contribution >= 4 is 29.0 Å². The number of Topliss-reactive ketones (excluding diaryl/α,β-unsaturated/α-hetero) is 4. The highest BCUT2D eigenvalue weighted by atomic mass is 19.1. The molecule has 0 saturated heterocycles. The predicted molar refractivity (Wildman–Crippen MR) is 132 cm³/mol. The van der Waals surface area contributed by atoms with E-state index in [0.29, 0.717) is 0 Å². The Morgan fingerprint density at radius 3 is 2.31 bits per heavy atom. The van der Waals surface area contributed by atoms with Crippen LogP contribution in [-0.4, -0.2) is 92.0 Å². The van der Waals surface area contributed by atoms with Gasteiger partial charge in [0.15, 0.2) is 34.7 Å². The number of nitrogens with zero attached hydrogens (tertiary/aromatic N) is 2. The number of likely N-dealkylation sites (N-methyl/N-ethyl adjacent to an activating group) is 1. The molecule has 2 fully saturated rings. The zero-order chi connectivity index (χ0) is 28.9. The van der Waals surface area contributed by atoms with Crippen LogP contribution in [0.2, 0.25) is 0 Å². The van der Waals surface area contributed by atoms with Crippen molar-refractivity contribution in [2.75, 3.05) is 20.7 Å². The van der Waals surface area contributed by atoms with Crippen molar-refractivity contribution in [2.24, 2.45) is 29.4 Å². The molecule has 0 bridgehead atoms. The number of phenolic OH excluding ortho intramolecular Hbond substituents is 1. The quantitative estimate of drug-likeness (QED) is 0.346. The normalized spacial score (nSPS) is 32.7. The van der Waals surface area contributed by atoms with Crippen LogP contribution < -0.4 is 5.73 Å². The smallest absolute Gasteiger partial charge is 0.235 e. The molecule has 0 spiro atoms. The van der Waals surface area contributed by atoms with E-state index in [1.165, 1.54) is 19.0 Å². The Bertz CT molecular complexity index is 1360. The molecule has 5 rings (SSSR count). The lowest BCUT2D eigenvalue weighted by Crippen LogP contribution is -2.74. The minimum Gasteiger partial charge on any atom is -0.507 e. The van der Waals surface area contributed by atoms with Gasteiger partial charge in [0.1, 0.15) is 11.6 Å². The van der Waals surface area contributed by atoms with Crippen LogP contribution in [0, 0.1) is 29.5 Å². The fourth-order valence-electron chi connectivity index (χ4n) is 7.10. The van der Waals surface area contributed by atoms with E-state index in [9.17, 15) is 39.3 Å². The fourth-order valence-corrected chi connectivity index (χ4v) is 7.10. The van der Waals surface area contributed by atoms with Crippen molar-refractivity contribution < 1.29 is 43.7 Å². The zero-order valence-electron chi connectivity index (χ0n) is 22.2. The number of hydrogen-bond donors (Lipinski definition) is 4. The second-order valence-electron chi connectivity index (χ2n) is 12.1. The Morgan fingerprint density at radius 2 is 1.74 bits per heavy atom. The van der Waals surface area contributed by atoms with Crippen LogP contribution >= 0.6 is 0 Å². The molecule has 3 aliphatic carbocycles. The highest BCUT2D eigenvalue weighted by molar-refractivity contribution is 6.32. The number of halogens is 1.